The van der Waals surface area contributed by atoms with Gasteiger partial charge in [0, 0.05) is 19.3 Å². The van der Waals surface area contributed by atoms with E-state index in [-0.39, 0.29) is 25.0 Å². The maximum Gasteiger partial charge on any atom is 0.315 e. The fourth-order valence-corrected chi connectivity index (χ4v) is 7.36. The van der Waals surface area contributed by atoms with Crippen LogP contribution < -0.4 is 0 Å². The van der Waals surface area contributed by atoms with E-state index in [4.69, 9.17) is 19.3 Å². The normalized spacial score (nSPS) is 11.8. The zero-order valence-electron chi connectivity index (χ0n) is 36.9. The molecule has 0 heterocycles. The van der Waals surface area contributed by atoms with Gasteiger partial charge in [-0.1, -0.05) is 219 Å². The predicted molar refractivity (Wildman–Crippen MR) is 231 cm³/mol. The van der Waals surface area contributed by atoms with Crippen LogP contribution in [0.25, 0.3) is 0 Å². The molecule has 1 atom stereocenters. The molecule has 0 aliphatic carbocycles. The first-order chi connectivity index (χ1) is 27.4. The van der Waals surface area contributed by atoms with Gasteiger partial charge in [-0.3, -0.25) is 19.2 Å². The second-order valence-corrected chi connectivity index (χ2v) is 16.6. The molecule has 1 unspecified atom stereocenters. The molecule has 0 aromatic rings. The Morgan fingerprint density at radius 2 is 0.679 bits per heavy atom. The van der Waals surface area contributed by atoms with E-state index in [9.17, 15) is 19.2 Å². The van der Waals surface area contributed by atoms with Crippen LogP contribution >= 0.6 is 0 Å². The largest absolute Gasteiger partial charge is 0.481 e. The fourth-order valence-electron chi connectivity index (χ4n) is 7.36. The number of rotatable bonds is 45. The van der Waals surface area contributed by atoms with Crippen LogP contribution in [0.5, 0.6) is 0 Å². The van der Waals surface area contributed by atoms with Crippen LogP contribution in [0.3, 0.4) is 0 Å². The SMILES string of the molecule is CCCCCCCCCCCCCCCCCC(=O)OCOC(=O)C(CCCCCCCC(=O)O)COC(=O)CCCCCCCCCCCCCCCCC. The highest BCUT2D eigenvalue weighted by Gasteiger charge is 2.22. The lowest BCUT2D eigenvalue weighted by atomic mass is 10.0. The summed E-state index contributed by atoms with van der Waals surface area (Å²) in [6.07, 6.45) is 43.2. The number of carboxylic acids is 1. The Bertz CT molecular complexity index is 890. The molecule has 0 radical (unpaired) electrons. The summed E-state index contributed by atoms with van der Waals surface area (Å²) in [5.74, 6) is -2.57. The monoisotopic (exact) mass is 795 g/mol. The van der Waals surface area contributed by atoms with Gasteiger partial charge in [-0.2, -0.15) is 0 Å². The molecule has 0 saturated heterocycles. The number of hydrogen-bond acceptors (Lipinski definition) is 7. The lowest BCUT2D eigenvalue weighted by Crippen LogP contribution is -2.26. The Morgan fingerprint density at radius 1 is 0.375 bits per heavy atom. The van der Waals surface area contributed by atoms with Gasteiger partial charge in [0.2, 0.25) is 6.79 Å². The number of carbonyl (C=O) groups is 4. The van der Waals surface area contributed by atoms with Crippen LogP contribution in [0.15, 0.2) is 0 Å². The maximum atomic E-state index is 12.9. The van der Waals surface area contributed by atoms with Crippen molar-refractivity contribution in [3.05, 3.63) is 0 Å². The molecule has 56 heavy (non-hydrogen) atoms. The average Bonchev–Trinajstić information content (AvgIpc) is 3.18. The van der Waals surface area contributed by atoms with Gasteiger partial charge in [-0.05, 0) is 25.7 Å². The van der Waals surface area contributed by atoms with E-state index in [1.807, 2.05) is 0 Å². The molecular formula is C48H90O8. The van der Waals surface area contributed by atoms with Crippen LogP contribution in [0.4, 0.5) is 0 Å². The minimum Gasteiger partial charge on any atom is -0.481 e. The molecule has 0 amide bonds. The van der Waals surface area contributed by atoms with Crippen molar-refractivity contribution in [1.82, 2.24) is 0 Å². The van der Waals surface area contributed by atoms with Gasteiger partial charge in [0.1, 0.15) is 6.61 Å². The van der Waals surface area contributed by atoms with Gasteiger partial charge >= 0.3 is 23.9 Å². The van der Waals surface area contributed by atoms with Crippen LogP contribution in [-0.4, -0.2) is 42.4 Å². The molecule has 8 heteroatoms. The predicted octanol–water partition coefficient (Wildman–Crippen LogP) is 14.5. The highest BCUT2D eigenvalue weighted by Crippen LogP contribution is 2.18. The van der Waals surface area contributed by atoms with Crippen molar-refractivity contribution in [3.63, 3.8) is 0 Å². The van der Waals surface area contributed by atoms with Gasteiger partial charge in [-0.15, -0.1) is 0 Å². The Labute approximate surface area is 345 Å². The molecular weight excluding hydrogens is 705 g/mol. The minimum absolute atomic E-state index is 0.0392. The third-order valence-electron chi connectivity index (χ3n) is 11.1. The highest BCUT2D eigenvalue weighted by molar-refractivity contribution is 5.74. The number of ether oxygens (including phenoxy) is 3. The molecule has 8 nitrogen and oxygen atoms in total. The Kier molecular flexibility index (Phi) is 42.3. The van der Waals surface area contributed by atoms with Crippen molar-refractivity contribution in [2.24, 2.45) is 5.92 Å². The summed E-state index contributed by atoms with van der Waals surface area (Å²) in [6, 6.07) is 0. The second-order valence-electron chi connectivity index (χ2n) is 16.6. The summed E-state index contributed by atoms with van der Waals surface area (Å²) in [7, 11) is 0. The molecule has 330 valence electrons. The van der Waals surface area contributed by atoms with Crippen molar-refractivity contribution in [2.75, 3.05) is 13.4 Å². The Morgan fingerprint density at radius 3 is 1.04 bits per heavy atom. The second kappa shape index (κ2) is 44.0. The summed E-state index contributed by atoms with van der Waals surface area (Å²) in [6.45, 7) is 4.07. The van der Waals surface area contributed by atoms with Crippen molar-refractivity contribution < 1.29 is 38.5 Å². The van der Waals surface area contributed by atoms with Gasteiger partial charge < -0.3 is 19.3 Å². The first-order valence-corrected chi connectivity index (χ1v) is 24.1. The number of carbonyl (C=O) groups excluding carboxylic acids is 3. The fraction of sp³-hybridized carbons (Fsp3) is 0.917. The van der Waals surface area contributed by atoms with Gasteiger partial charge in [0.15, 0.2) is 0 Å². The number of hydrogen-bond donors (Lipinski definition) is 1. The van der Waals surface area contributed by atoms with Crippen molar-refractivity contribution in [2.45, 2.75) is 264 Å². The number of aliphatic carboxylic acids is 1. The van der Waals surface area contributed by atoms with E-state index < -0.39 is 24.6 Å². The van der Waals surface area contributed by atoms with Crippen LogP contribution in [0.1, 0.15) is 264 Å². The van der Waals surface area contributed by atoms with E-state index in [1.54, 1.807) is 0 Å². The number of carboxylic acid groups (broad SMARTS) is 1. The van der Waals surface area contributed by atoms with Crippen LogP contribution in [0.2, 0.25) is 0 Å². The summed E-state index contributed by atoms with van der Waals surface area (Å²) in [4.78, 5) is 48.4. The Hall–Kier alpha value is -2.12. The third kappa shape index (κ3) is 41.5. The molecule has 0 aliphatic rings. The molecule has 0 aromatic heterocycles. The van der Waals surface area contributed by atoms with Crippen molar-refractivity contribution in [3.8, 4) is 0 Å². The third-order valence-corrected chi connectivity index (χ3v) is 11.1. The zero-order chi connectivity index (χ0) is 41.0. The molecule has 0 aliphatic heterocycles. The first-order valence-electron chi connectivity index (χ1n) is 24.1. The lowest BCUT2D eigenvalue weighted by molar-refractivity contribution is -0.172. The minimum atomic E-state index is -0.783. The van der Waals surface area contributed by atoms with E-state index in [1.165, 1.54) is 154 Å². The molecule has 0 saturated carbocycles. The molecule has 0 rings (SSSR count). The zero-order valence-corrected chi connectivity index (χ0v) is 36.9. The molecule has 1 N–H and O–H groups in total. The summed E-state index contributed by atoms with van der Waals surface area (Å²) in [5, 5.41) is 8.84. The summed E-state index contributed by atoms with van der Waals surface area (Å²) >= 11 is 0. The van der Waals surface area contributed by atoms with Gasteiger partial charge in [0.05, 0.1) is 5.92 Å². The smallest absolute Gasteiger partial charge is 0.315 e. The van der Waals surface area contributed by atoms with E-state index >= 15 is 0 Å². The first kappa shape index (κ1) is 53.9. The van der Waals surface area contributed by atoms with E-state index in [0.29, 0.717) is 25.7 Å². The summed E-state index contributed by atoms with van der Waals surface area (Å²) < 4.78 is 16.0. The topological polar surface area (TPSA) is 116 Å². The average molecular weight is 795 g/mol. The van der Waals surface area contributed by atoms with Gasteiger partial charge in [0.25, 0.3) is 0 Å². The molecule has 0 bridgehead atoms. The standard InChI is InChI=1S/C48H90O8/c1-3-5-7-9-11-13-15-17-19-21-23-25-27-32-36-40-46(51)54-42-44(38-34-30-29-31-35-39-45(49)50)48(53)56-43-55-47(52)41-37-33-28-26-24-22-20-18-16-14-12-10-8-6-4-2/h44H,3-43H2,1-2H3,(H,49,50). The van der Waals surface area contributed by atoms with E-state index in [2.05, 4.69) is 13.8 Å². The quantitative estimate of drug-likeness (QED) is 0.0368. The highest BCUT2D eigenvalue weighted by atomic mass is 16.7. The summed E-state index contributed by atoms with van der Waals surface area (Å²) in [5.41, 5.74) is 0. The molecule has 0 aromatic carbocycles. The molecule has 0 fully saturated rings. The van der Waals surface area contributed by atoms with Crippen LogP contribution in [-0.2, 0) is 33.4 Å². The van der Waals surface area contributed by atoms with Crippen molar-refractivity contribution >= 4 is 23.9 Å². The van der Waals surface area contributed by atoms with Crippen molar-refractivity contribution in [1.29, 1.82) is 0 Å². The maximum absolute atomic E-state index is 12.9. The Balaban J connectivity index is 4.14. The number of unbranched alkanes of at least 4 members (excludes halogenated alkanes) is 32. The van der Waals surface area contributed by atoms with Gasteiger partial charge in [-0.25, -0.2) is 0 Å². The lowest BCUT2D eigenvalue weighted by Gasteiger charge is -2.16. The van der Waals surface area contributed by atoms with Crippen LogP contribution in [0, 0.1) is 5.92 Å². The molecule has 0 spiro atoms. The van der Waals surface area contributed by atoms with E-state index in [0.717, 1.165) is 64.2 Å². The number of esters is 3.